The van der Waals surface area contributed by atoms with Crippen molar-refractivity contribution >= 4 is 17.0 Å². The average Bonchev–Trinajstić information content (AvgIpc) is 2.72. The van der Waals surface area contributed by atoms with Gasteiger partial charge in [0, 0.05) is 13.7 Å². The molecular weight excluding hydrogens is 260 g/mol. The van der Waals surface area contributed by atoms with E-state index in [0.29, 0.717) is 18.5 Å². The smallest absolute Gasteiger partial charge is 0.337 e. The van der Waals surface area contributed by atoms with Crippen LogP contribution in [0.4, 0.5) is 0 Å². The van der Waals surface area contributed by atoms with Gasteiger partial charge in [-0.2, -0.15) is 0 Å². The predicted octanol–water partition coefficient (Wildman–Crippen LogP) is 1.44. The van der Waals surface area contributed by atoms with Gasteiger partial charge >= 0.3 is 5.97 Å². The number of ether oxygens (including phenoxy) is 1. The fraction of sp³-hybridized carbons (Fsp3) is 0.429. The Morgan fingerprint density at radius 2 is 2.25 bits per heavy atom. The normalized spacial score (nSPS) is 12.8. The standard InChI is InChI=1S/C14H18N2O4/c1-9-15-13-11(14(18)19)4-3-5-12(13)16(9)7-6-10(17)8-20-2/h3-5,10,17H,6-8H2,1-2H3,(H,18,19). The maximum Gasteiger partial charge on any atom is 0.337 e. The molecule has 20 heavy (non-hydrogen) atoms. The van der Waals surface area contributed by atoms with Crippen LogP contribution in [0.15, 0.2) is 18.2 Å². The van der Waals surface area contributed by atoms with E-state index in [0.717, 1.165) is 11.3 Å². The minimum absolute atomic E-state index is 0.196. The molecule has 0 amide bonds. The van der Waals surface area contributed by atoms with Crippen molar-refractivity contribution in [2.45, 2.75) is 26.0 Å². The first kappa shape index (κ1) is 14.5. The van der Waals surface area contributed by atoms with Gasteiger partial charge in [-0.05, 0) is 25.5 Å². The number of carboxylic acids is 1. The van der Waals surface area contributed by atoms with E-state index in [2.05, 4.69) is 4.98 Å². The SMILES string of the molecule is COCC(O)CCn1c(C)nc2c(C(=O)O)cccc21. The molecule has 108 valence electrons. The molecule has 2 rings (SSSR count). The first-order valence-corrected chi connectivity index (χ1v) is 6.40. The van der Waals surface area contributed by atoms with E-state index in [1.54, 1.807) is 19.2 Å². The molecule has 0 radical (unpaired) electrons. The van der Waals surface area contributed by atoms with Crippen molar-refractivity contribution in [2.75, 3.05) is 13.7 Å². The van der Waals surface area contributed by atoms with Crippen LogP contribution in [0.3, 0.4) is 0 Å². The number of fused-ring (bicyclic) bond motifs is 1. The lowest BCUT2D eigenvalue weighted by molar-refractivity contribution is 0.0566. The van der Waals surface area contributed by atoms with Crippen LogP contribution in [0.25, 0.3) is 11.0 Å². The molecule has 0 aliphatic heterocycles. The molecule has 1 unspecified atom stereocenters. The third-order valence-corrected chi connectivity index (χ3v) is 3.25. The number of rotatable bonds is 6. The van der Waals surface area contributed by atoms with Crippen LogP contribution in [-0.4, -0.2) is 45.6 Å². The second kappa shape index (κ2) is 6.02. The molecule has 0 bridgehead atoms. The van der Waals surface area contributed by atoms with E-state index in [-0.39, 0.29) is 12.2 Å². The third kappa shape index (κ3) is 2.81. The average molecular weight is 278 g/mol. The number of aliphatic hydroxyl groups excluding tert-OH is 1. The molecule has 0 spiro atoms. The van der Waals surface area contributed by atoms with Crippen LogP contribution in [0.2, 0.25) is 0 Å². The van der Waals surface area contributed by atoms with Gasteiger partial charge in [-0.1, -0.05) is 6.07 Å². The summed E-state index contributed by atoms with van der Waals surface area (Å²) in [7, 11) is 1.54. The van der Waals surface area contributed by atoms with Crippen LogP contribution < -0.4 is 0 Å². The fourth-order valence-corrected chi connectivity index (χ4v) is 2.27. The summed E-state index contributed by atoms with van der Waals surface area (Å²) in [6.07, 6.45) is -0.0169. The highest BCUT2D eigenvalue weighted by Gasteiger charge is 2.15. The quantitative estimate of drug-likeness (QED) is 0.835. The number of carboxylic acid groups (broad SMARTS) is 1. The van der Waals surface area contributed by atoms with Crippen molar-refractivity contribution in [3.63, 3.8) is 0 Å². The molecule has 2 N–H and O–H groups in total. The van der Waals surface area contributed by atoms with E-state index < -0.39 is 12.1 Å². The summed E-state index contributed by atoms with van der Waals surface area (Å²) in [6.45, 7) is 2.68. The molecule has 1 heterocycles. The fourth-order valence-electron chi connectivity index (χ4n) is 2.27. The lowest BCUT2D eigenvalue weighted by Crippen LogP contribution is -2.17. The van der Waals surface area contributed by atoms with Gasteiger partial charge < -0.3 is 19.5 Å². The summed E-state index contributed by atoms with van der Waals surface area (Å²) < 4.78 is 6.81. The number of aryl methyl sites for hydroxylation is 2. The Bertz CT molecular complexity index is 621. The van der Waals surface area contributed by atoms with Gasteiger partial charge in [0.15, 0.2) is 0 Å². The molecule has 6 nitrogen and oxygen atoms in total. The molecule has 0 aliphatic carbocycles. The Morgan fingerprint density at radius 3 is 2.90 bits per heavy atom. The van der Waals surface area contributed by atoms with Crippen LogP contribution in [0.1, 0.15) is 22.6 Å². The number of methoxy groups -OCH3 is 1. The number of hydrogen-bond acceptors (Lipinski definition) is 4. The van der Waals surface area contributed by atoms with Crippen molar-refractivity contribution in [3.05, 3.63) is 29.6 Å². The van der Waals surface area contributed by atoms with Crippen LogP contribution >= 0.6 is 0 Å². The van der Waals surface area contributed by atoms with Crippen LogP contribution in [-0.2, 0) is 11.3 Å². The third-order valence-electron chi connectivity index (χ3n) is 3.25. The second-order valence-corrected chi connectivity index (χ2v) is 4.69. The second-order valence-electron chi connectivity index (χ2n) is 4.69. The molecule has 1 aromatic heterocycles. The largest absolute Gasteiger partial charge is 0.478 e. The summed E-state index contributed by atoms with van der Waals surface area (Å²) in [5.74, 6) is -0.252. The maximum atomic E-state index is 11.2. The Labute approximate surface area is 116 Å². The van der Waals surface area contributed by atoms with Gasteiger partial charge in [-0.3, -0.25) is 0 Å². The van der Waals surface area contributed by atoms with Gasteiger partial charge in [-0.25, -0.2) is 9.78 Å². The zero-order valence-corrected chi connectivity index (χ0v) is 11.5. The zero-order valence-electron chi connectivity index (χ0n) is 11.5. The summed E-state index contributed by atoms with van der Waals surface area (Å²) in [5.41, 5.74) is 1.45. The molecule has 0 aliphatic rings. The molecular formula is C14H18N2O4. The summed E-state index contributed by atoms with van der Waals surface area (Å²) >= 11 is 0. The highest BCUT2D eigenvalue weighted by molar-refractivity contribution is 6.01. The summed E-state index contributed by atoms with van der Waals surface area (Å²) in [5, 5.41) is 18.9. The van der Waals surface area contributed by atoms with Gasteiger partial charge in [0.25, 0.3) is 0 Å². The van der Waals surface area contributed by atoms with E-state index in [1.807, 2.05) is 17.6 Å². The number of benzene rings is 1. The Kier molecular flexibility index (Phi) is 4.36. The number of aromatic nitrogens is 2. The van der Waals surface area contributed by atoms with Crippen molar-refractivity contribution in [1.29, 1.82) is 0 Å². The topological polar surface area (TPSA) is 84.6 Å². The zero-order chi connectivity index (χ0) is 14.7. The maximum absolute atomic E-state index is 11.2. The molecule has 1 atom stereocenters. The van der Waals surface area contributed by atoms with E-state index in [4.69, 9.17) is 9.84 Å². The highest BCUT2D eigenvalue weighted by atomic mass is 16.5. The minimum Gasteiger partial charge on any atom is -0.478 e. The lowest BCUT2D eigenvalue weighted by atomic mass is 10.2. The van der Waals surface area contributed by atoms with Crippen molar-refractivity contribution in [1.82, 2.24) is 9.55 Å². The van der Waals surface area contributed by atoms with Gasteiger partial charge in [-0.15, -0.1) is 0 Å². The Morgan fingerprint density at radius 1 is 1.50 bits per heavy atom. The van der Waals surface area contributed by atoms with Crippen molar-refractivity contribution < 1.29 is 19.7 Å². The van der Waals surface area contributed by atoms with Crippen LogP contribution in [0.5, 0.6) is 0 Å². The summed E-state index contributed by atoms with van der Waals surface area (Å²) in [4.78, 5) is 15.5. The Hall–Kier alpha value is -1.92. The monoisotopic (exact) mass is 278 g/mol. The van der Waals surface area contributed by atoms with Crippen molar-refractivity contribution in [3.8, 4) is 0 Å². The predicted molar refractivity (Wildman–Crippen MR) is 73.9 cm³/mol. The highest BCUT2D eigenvalue weighted by Crippen LogP contribution is 2.20. The molecule has 2 aromatic rings. The van der Waals surface area contributed by atoms with E-state index in [9.17, 15) is 9.90 Å². The number of para-hydroxylation sites is 1. The van der Waals surface area contributed by atoms with Gasteiger partial charge in [0.05, 0.1) is 23.8 Å². The van der Waals surface area contributed by atoms with Gasteiger partial charge in [0.1, 0.15) is 11.3 Å². The van der Waals surface area contributed by atoms with Crippen molar-refractivity contribution in [2.24, 2.45) is 0 Å². The van der Waals surface area contributed by atoms with Crippen LogP contribution in [0, 0.1) is 6.92 Å². The van der Waals surface area contributed by atoms with Gasteiger partial charge in [0.2, 0.25) is 0 Å². The number of aliphatic hydroxyl groups is 1. The van der Waals surface area contributed by atoms with E-state index >= 15 is 0 Å². The number of nitrogens with zero attached hydrogens (tertiary/aromatic N) is 2. The number of carbonyl (C=O) groups is 1. The minimum atomic E-state index is -0.986. The summed E-state index contributed by atoms with van der Waals surface area (Å²) in [6, 6.07) is 5.08. The van der Waals surface area contributed by atoms with E-state index in [1.165, 1.54) is 0 Å². The Balaban J connectivity index is 2.32. The molecule has 0 fully saturated rings. The lowest BCUT2D eigenvalue weighted by Gasteiger charge is -2.11. The number of imidazole rings is 1. The first-order chi connectivity index (χ1) is 9.54. The number of hydrogen-bond donors (Lipinski definition) is 2. The molecule has 0 saturated heterocycles. The molecule has 0 saturated carbocycles. The first-order valence-electron chi connectivity index (χ1n) is 6.40. The molecule has 6 heteroatoms. The molecule has 1 aromatic carbocycles. The number of aromatic carboxylic acids is 1.